The summed E-state index contributed by atoms with van der Waals surface area (Å²) in [6.07, 6.45) is 2.90. The Bertz CT molecular complexity index is 245. The third-order valence-electron chi connectivity index (χ3n) is 2.09. The van der Waals surface area contributed by atoms with Crippen LogP contribution in [0.5, 0.6) is 0 Å². The second kappa shape index (κ2) is 4.21. The van der Waals surface area contributed by atoms with Gasteiger partial charge in [0.05, 0.1) is 0 Å². The van der Waals surface area contributed by atoms with E-state index >= 15 is 0 Å². The molecule has 0 aliphatic heterocycles. The molecule has 0 aliphatic rings. The highest BCUT2D eigenvalue weighted by molar-refractivity contribution is 5.19. The summed E-state index contributed by atoms with van der Waals surface area (Å²) in [5, 5.41) is 0. The molecule has 0 spiro atoms. The molecule has 2 heteroatoms. The summed E-state index contributed by atoms with van der Waals surface area (Å²) < 4.78 is 0. The molecule has 1 aromatic heterocycles. The number of nitrogens with two attached hydrogens (primary N) is 1. The number of rotatable bonds is 3. The first kappa shape index (κ1) is 9.20. The van der Waals surface area contributed by atoms with Crippen LogP contribution in [0.15, 0.2) is 18.3 Å². The predicted molar refractivity (Wildman–Crippen MR) is 51.1 cm³/mol. The van der Waals surface area contributed by atoms with Crippen LogP contribution in [-0.4, -0.2) is 11.5 Å². The summed E-state index contributed by atoms with van der Waals surface area (Å²) in [7, 11) is 0. The van der Waals surface area contributed by atoms with Crippen LogP contribution in [0.3, 0.4) is 0 Å². The molecule has 0 bridgehead atoms. The van der Waals surface area contributed by atoms with Gasteiger partial charge in [-0.25, -0.2) is 0 Å². The molecule has 2 nitrogen and oxygen atoms in total. The normalized spacial score (nSPS) is 12.9. The van der Waals surface area contributed by atoms with Gasteiger partial charge in [-0.3, -0.25) is 4.98 Å². The largest absolute Gasteiger partial charge is 0.330 e. The molecule has 12 heavy (non-hydrogen) atoms. The van der Waals surface area contributed by atoms with Crippen LogP contribution in [0, 0.1) is 6.92 Å². The quantitative estimate of drug-likeness (QED) is 0.740. The van der Waals surface area contributed by atoms with E-state index in [4.69, 9.17) is 5.73 Å². The molecule has 2 N–H and O–H groups in total. The Kier molecular flexibility index (Phi) is 3.23. The topological polar surface area (TPSA) is 38.9 Å². The van der Waals surface area contributed by atoms with Gasteiger partial charge in [-0.15, -0.1) is 0 Å². The Morgan fingerprint density at radius 3 is 2.92 bits per heavy atom. The Morgan fingerprint density at radius 1 is 1.58 bits per heavy atom. The Hall–Kier alpha value is -0.890. The molecule has 1 rings (SSSR count). The minimum Gasteiger partial charge on any atom is -0.330 e. The molecule has 1 atom stereocenters. The van der Waals surface area contributed by atoms with Gasteiger partial charge >= 0.3 is 0 Å². The zero-order chi connectivity index (χ0) is 8.97. The van der Waals surface area contributed by atoms with Gasteiger partial charge in [0.2, 0.25) is 0 Å². The molecule has 0 amide bonds. The smallest absolute Gasteiger partial charge is 0.0375 e. The SMILES string of the molecule is Cc1cc(C(C)CCN)ccn1. The minimum absolute atomic E-state index is 0.552. The highest BCUT2D eigenvalue weighted by Crippen LogP contribution is 2.17. The van der Waals surface area contributed by atoms with Crippen LogP contribution < -0.4 is 5.73 Å². The van der Waals surface area contributed by atoms with E-state index in [1.807, 2.05) is 13.1 Å². The van der Waals surface area contributed by atoms with E-state index in [2.05, 4.69) is 24.0 Å². The number of pyridine rings is 1. The Balaban J connectivity index is 2.73. The van der Waals surface area contributed by atoms with E-state index in [9.17, 15) is 0 Å². The highest BCUT2D eigenvalue weighted by atomic mass is 14.6. The van der Waals surface area contributed by atoms with Gasteiger partial charge in [0.1, 0.15) is 0 Å². The van der Waals surface area contributed by atoms with Crippen LogP contribution in [0.25, 0.3) is 0 Å². The summed E-state index contributed by atoms with van der Waals surface area (Å²) >= 11 is 0. The first-order valence-corrected chi connectivity index (χ1v) is 4.36. The summed E-state index contributed by atoms with van der Waals surface area (Å²) in [6.45, 7) is 4.96. The molecular weight excluding hydrogens is 148 g/mol. The first-order chi connectivity index (χ1) is 5.74. The molecule has 0 radical (unpaired) electrons. The van der Waals surface area contributed by atoms with Crippen molar-refractivity contribution in [3.8, 4) is 0 Å². The van der Waals surface area contributed by atoms with E-state index in [-0.39, 0.29) is 0 Å². The lowest BCUT2D eigenvalue weighted by Gasteiger charge is -2.09. The molecule has 0 aliphatic carbocycles. The third kappa shape index (κ3) is 2.31. The van der Waals surface area contributed by atoms with Crippen LogP contribution in [0.1, 0.15) is 30.5 Å². The Morgan fingerprint density at radius 2 is 2.33 bits per heavy atom. The standard InChI is InChI=1S/C10H16N2/c1-8(3-5-11)10-4-6-12-9(2)7-10/h4,6-8H,3,5,11H2,1-2H3. The summed E-state index contributed by atoms with van der Waals surface area (Å²) in [5.41, 5.74) is 7.91. The molecule has 1 heterocycles. The molecule has 0 saturated heterocycles. The van der Waals surface area contributed by atoms with Gasteiger partial charge in [-0.1, -0.05) is 6.92 Å². The number of hydrogen-bond acceptors (Lipinski definition) is 2. The van der Waals surface area contributed by atoms with E-state index in [1.54, 1.807) is 0 Å². The molecule has 1 unspecified atom stereocenters. The fraction of sp³-hybridized carbons (Fsp3) is 0.500. The molecule has 1 aromatic rings. The van der Waals surface area contributed by atoms with E-state index in [0.29, 0.717) is 5.92 Å². The van der Waals surface area contributed by atoms with Gasteiger partial charge in [0.25, 0.3) is 0 Å². The van der Waals surface area contributed by atoms with E-state index in [1.165, 1.54) is 5.56 Å². The van der Waals surface area contributed by atoms with Gasteiger partial charge in [-0.05, 0) is 43.5 Å². The molecule has 0 fully saturated rings. The summed E-state index contributed by atoms with van der Waals surface area (Å²) in [4.78, 5) is 4.15. The lowest BCUT2D eigenvalue weighted by atomic mass is 9.98. The number of nitrogens with zero attached hydrogens (tertiary/aromatic N) is 1. The minimum atomic E-state index is 0.552. The number of aromatic nitrogens is 1. The maximum absolute atomic E-state index is 5.49. The molecule has 0 saturated carbocycles. The molecule has 66 valence electrons. The Labute approximate surface area is 73.8 Å². The zero-order valence-electron chi connectivity index (χ0n) is 7.75. The first-order valence-electron chi connectivity index (χ1n) is 4.36. The number of hydrogen-bond donors (Lipinski definition) is 1. The van der Waals surface area contributed by atoms with Crippen molar-refractivity contribution < 1.29 is 0 Å². The van der Waals surface area contributed by atoms with Crippen LogP contribution >= 0.6 is 0 Å². The average molecular weight is 164 g/mol. The zero-order valence-corrected chi connectivity index (χ0v) is 7.75. The number of aryl methyl sites for hydroxylation is 1. The summed E-state index contributed by atoms with van der Waals surface area (Å²) in [5.74, 6) is 0.552. The van der Waals surface area contributed by atoms with Gasteiger partial charge in [-0.2, -0.15) is 0 Å². The summed E-state index contributed by atoms with van der Waals surface area (Å²) in [6, 6.07) is 4.19. The average Bonchev–Trinajstić information content (AvgIpc) is 2.05. The van der Waals surface area contributed by atoms with E-state index < -0.39 is 0 Å². The molecular formula is C10H16N2. The van der Waals surface area contributed by atoms with Crippen molar-refractivity contribution in [3.63, 3.8) is 0 Å². The van der Waals surface area contributed by atoms with Crippen molar-refractivity contribution in [2.75, 3.05) is 6.54 Å². The second-order valence-corrected chi connectivity index (χ2v) is 3.21. The maximum atomic E-state index is 5.49. The van der Waals surface area contributed by atoms with Crippen molar-refractivity contribution >= 4 is 0 Å². The van der Waals surface area contributed by atoms with Crippen molar-refractivity contribution in [2.24, 2.45) is 5.73 Å². The fourth-order valence-electron chi connectivity index (χ4n) is 1.29. The van der Waals surface area contributed by atoms with Crippen molar-refractivity contribution in [2.45, 2.75) is 26.2 Å². The van der Waals surface area contributed by atoms with Crippen LogP contribution in [0.4, 0.5) is 0 Å². The van der Waals surface area contributed by atoms with Crippen molar-refractivity contribution in [1.29, 1.82) is 0 Å². The lowest BCUT2D eigenvalue weighted by Crippen LogP contribution is -2.04. The van der Waals surface area contributed by atoms with Crippen LogP contribution in [-0.2, 0) is 0 Å². The predicted octanol–water partition coefficient (Wildman–Crippen LogP) is 1.84. The third-order valence-corrected chi connectivity index (χ3v) is 2.09. The second-order valence-electron chi connectivity index (χ2n) is 3.21. The fourth-order valence-corrected chi connectivity index (χ4v) is 1.29. The van der Waals surface area contributed by atoms with Gasteiger partial charge in [0, 0.05) is 11.9 Å². The van der Waals surface area contributed by atoms with Gasteiger partial charge in [0.15, 0.2) is 0 Å². The van der Waals surface area contributed by atoms with Crippen molar-refractivity contribution in [3.05, 3.63) is 29.6 Å². The monoisotopic (exact) mass is 164 g/mol. The lowest BCUT2D eigenvalue weighted by molar-refractivity contribution is 0.688. The maximum Gasteiger partial charge on any atom is 0.0375 e. The van der Waals surface area contributed by atoms with Crippen molar-refractivity contribution in [1.82, 2.24) is 4.98 Å². The highest BCUT2D eigenvalue weighted by Gasteiger charge is 2.03. The van der Waals surface area contributed by atoms with Gasteiger partial charge < -0.3 is 5.73 Å². The van der Waals surface area contributed by atoms with E-state index in [0.717, 1.165) is 18.7 Å². The molecule has 0 aromatic carbocycles. The van der Waals surface area contributed by atoms with Crippen LogP contribution in [0.2, 0.25) is 0 Å².